The lowest BCUT2D eigenvalue weighted by Gasteiger charge is -2.06. The van der Waals surface area contributed by atoms with Crippen molar-refractivity contribution in [1.29, 1.82) is 0 Å². The van der Waals surface area contributed by atoms with Gasteiger partial charge in [0.1, 0.15) is 11.4 Å². The second-order valence-corrected chi connectivity index (χ2v) is 5.39. The Hall–Kier alpha value is -2.28. The number of aromatic nitrogens is 3. The average Bonchev–Trinajstić information content (AvgIpc) is 2.85. The van der Waals surface area contributed by atoms with Crippen LogP contribution < -0.4 is 5.32 Å². The number of anilines is 1. The van der Waals surface area contributed by atoms with E-state index in [1.165, 1.54) is 22.8 Å². The van der Waals surface area contributed by atoms with Crippen LogP contribution in [0.3, 0.4) is 0 Å². The molecule has 1 aromatic carbocycles. The molecule has 0 radical (unpaired) electrons. The molecule has 106 valence electrons. The highest BCUT2D eigenvalue weighted by Gasteiger charge is 2.16. The summed E-state index contributed by atoms with van der Waals surface area (Å²) in [5.41, 5.74) is 1.59. The number of carbonyl (C=O) groups excluding carboxylic acids is 1. The lowest BCUT2D eigenvalue weighted by molar-refractivity contribution is 0.102. The Labute approximate surface area is 127 Å². The lowest BCUT2D eigenvalue weighted by atomic mass is 10.2. The first-order chi connectivity index (χ1) is 10.0. The molecule has 7 heteroatoms. The topological polar surface area (TPSA) is 59.3 Å². The molecule has 0 aliphatic heterocycles. The Morgan fingerprint density at radius 1 is 1.38 bits per heavy atom. The molecule has 0 atom stereocenters. The number of benzene rings is 1. The van der Waals surface area contributed by atoms with Crippen molar-refractivity contribution in [2.24, 2.45) is 0 Å². The Morgan fingerprint density at radius 3 is 3.00 bits per heavy atom. The number of hydrogen-bond acceptors (Lipinski definition) is 3. The number of halogens is 2. The van der Waals surface area contributed by atoms with Gasteiger partial charge in [-0.3, -0.25) is 4.79 Å². The number of amides is 1. The van der Waals surface area contributed by atoms with E-state index in [0.717, 1.165) is 5.69 Å². The maximum atomic E-state index is 13.7. The summed E-state index contributed by atoms with van der Waals surface area (Å²) in [6, 6.07) is 6.12. The number of aryl methyl sites for hydroxylation is 1. The first kappa shape index (κ1) is 13.7. The highest BCUT2D eigenvalue weighted by atomic mass is 79.9. The zero-order chi connectivity index (χ0) is 15.0. The minimum atomic E-state index is -0.507. The molecule has 0 saturated heterocycles. The van der Waals surface area contributed by atoms with Gasteiger partial charge < -0.3 is 5.32 Å². The minimum Gasteiger partial charge on any atom is -0.319 e. The van der Waals surface area contributed by atoms with Crippen LogP contribution in [0.4, 0.5) is 10.1 Å². The fraction of sp³-hybridized carbons (Fsp3) is 0.0714. The summed E-state index contributed by atoms with van der Waals surface area (Å²) in [4.78, 5) is 16.6. The van der Waals surface area contributed by atoms with Gasteiger partial charge in [-0.2, -0.15) is 5.10 Å². The highest BCUT2D eigenvalue weighted by molar-refractivity contribution is 9.10. The van der Waals surface area contributed by atoms with Gasteiger partial charge in [-0.1, -0.05) is 15.9 Å². The number of fused-ring (bicyclic) bond motifs is 1. The molecule has 2 aromatic heterocycles. The Balaban J connectivity index is 1.97. The Kier molecular flexibility index (Phi) is 3.42. The van der Waals surface area contributed by atoms with E-state index in [2.05, 4.69) is 31.3 Å². The molecule has 3 rings (SSSR count). The van der Waals surface area contributed by atoms with Crippen molar-refractivity contribution >= 4 is 33.2 Å². The smallest absolute Gasteiger partial charge is 0.261 e. The zero-order valence-electron chi connectivity index (χ0n) is 11.0. The zero-order valence-corrected chi connectivity index (χ0v) is 12.6. The van der Waals surface area contributed by atoms with E-state index >= 15 is 0 Å². The minimum absolute atomic E-state index is 0.0985. The monoisotopic (exact) mass is 348 g/mol. The number of nitrogens with one attached hydrogen (secondary N) is 1. The molecular formula is C14H10BrFN4O. The van der Waals surface area contributed by atoms with Crippen LogP contribution in [-0.2, 0) is 0 Å². The van der Waals surface area contributed by atoms with E-state index in [0.29, 0.717) is 10.1 Å². The predicted octanol–water partition coefficient (Wildman–Crippen LogP) is 3.19. The van der Waals surface area contributed by atoms with E-state index < -0.39 is 11.7 Å². The Morgan fingerprint density at radius 2 is 2.19 bits per heavy atom. The first-order valence-electron chi connectivity index (χ1n) is 6.12. The van der Waals surface area contributed by atoms with Crippen LogP contribution in [0.1, 0.15) is 16.1 Å². The number of carbonyl (C=O) groups is 1. The van der Waals surface area contributed by atoms with Crippen LogP contribution >= 0.6 is 15.9 Å². The van der Waals surface area contributed by atoms with Crippen molar-refractivity contribution in [1.82, 2.24) is 14.6 Å². The normalized spacial score (nSPS) is 10.8. The molecular weight excluding hydrogens is 339 g/mol. The quantitative estimate of drug-likeness (QED) is 0.773. The summed E-state index contributed by atoms with van der Waals surface area (Å²) in [6.07, 6.45) is 3.13. The number of hydrogen-bond donors (Lipinski definition) is 1. The van der Waals surface area contributed by atoms with Gasteiger partial charge in [-0.15, -0.1) is 0 Å². The molecule has 0 spiro atoms. The summed E-state index contributed by atoms with van der Waals surface area (Å²) in [7, 11) is 0. The third-order valence-corrected chi connectivity index (χ3v) is 3.42. The van der Waals surface area contributed by atoms with Crippen LogP contribution in [0, 0.1) is 12.7 Å². The van der Waals surface area contributed by atoms with Crippen LogP contribution in [0.2, 0.25) is 0 Å². The first-order valence-corrected chi connectivity index (χ1v) is 6.91. The summed E-state index contributed by atoms with van der Waals surface area (Å²) < 4.78 is 15.9. The molecule has 0 aliphatic rings. The van der Waals surface area contributed by atoms with Gasteiger partial charge in [0.05, 0.1) is 11.9 Å². The van der Waals surface area contributed by atoms with Crippen LogP contribution in [0.25, 0.3) is 5.65 Å². The maximum Gasteiger partial charge on any atom is 0.261 e. The van der Waals surface area contributed by atoms with Crippen LogP contribution in [-0.4, -0.2) is 20.5 Å². The third-order valence-electron chi connectivity index (χ3n) is 2.93. The van der Waals surface area contributed by atoms with E-state index in [-0.39, 0.29) is 11.3 Å². The van der Waals surface area contributed by atoms with Crippen molar-refractivity contribution in [3.05, 3.63) is 58.2 Å². The predicted molar refractivity (Wildman–Crippen MR) is 79.8 cm³/mol. The lowest BCUT2D eigenvalue weighted by Crippen LogP contribution is -2.13. The summed E-state index contributed by atoms with van der Waals surface area (Å²) in [5, 5.41) is 6.58. The number of nitrogens with zero attached hydrogens (tertiary/aromatic N) is 3. The van der Waals surface area contributed by atoms with Gasteiger partial charge in [0.25, 0.3) is 5.91 Å². The molecule has 21 heavy (non-hydrogen) atoms. The standard InChI is InChI=1S/C14H10BrFN4O/c1-8-4-5-20-13(18-8)10(7-17-20)14(21)19-12-6-9(15)2-3-11(12)16/h2-7H,1H3,(H,19,21). The van der Waals surface area contributed by atoms with Crippen molar-refractivity contribution in [2.75, 3.05) is 5.32 Å². The van der Waals surface area contributed by atoms with E-state index in [1.54, 1.807) is 18.3 Å². The van der Waals surface area contributed by atoms with Crippen LogP contribution in [0.5, 0.6) is 0 Å². The molecule has 1 amide bonds. The molecule has 3 aromatic rings. The van der Waals surface area contributed by atoms with Gasteiger partial charge in [0.15, 0.2) is 5.65 Å². The van der Waals surface area contributed by atoms with E-state index in [1.807, 2.05) is 6.92 Å². The highest BCUT2D eigenvalue weighted by Crippen LogP contribution is 2.21. The summed E-state index contributed by atoms with van der Waals surface area (Å²) in [5.74, 6) is -0.965. The molecule has 5 nitrogen and oxygen atoms in total. The van der Waals surface area contributed by atoms with Crippen molar-refractivity contribution in [3.8, 4) is 0 Å². The van der Waals surface area contributed by atoms with Crippen molar-refractivity contribution in [2.45, 2.75) is 6.92 Å². The Bertz CT molecular complexity index is 846. The van der Waals surface area contributed by atoms with Gasteiger partial charge in [0.2, 0.25) is 0 Å². The maximum absolute atomic E-state index is 13.7. The molecule has 0 saturated carbocycles. The van der Waals surface area contributed by atoms with E-state index in [9.17, 15) is 9.18 Å². The van der Waals surface area contributed by atoms with Gasteiger partial charge >= 0.3 is 0 Å². The summed E-state index contributed by atoms with van der Waals surface area (Å²) in [6.45, 7) is 1.82. The molecule has 0 fully saturated rings. The largest absolute Gasteiger partial charge is 0.319 e. The van der Waals surface area contributed by atoms with Gasteiger partial charge in [0, 0.05) is 16.4 Å². The molecule has 0 aliphatic carbocycles. The third kappa shape index (κ3) is 2.64. The van der Waals surface area contributed by atoms with Gasteiger partial charge in [-0.25, -0.2) is 13.9 Å². The van der Waals surface area contributed by atoms with Crippen LogP contribution in [0.15, 0.2) is 41.1 Å². The number of rotatable bonds is 2. The van der Waals surface area contributed by atoms with E-state index in [4.69, 9.17) is 0 Å². The van der Waals surface area contributed by atoms with Crippen molar-refractivity contribution < 1.29 is 9.18 Å². The summed E-state index contributed by atoms with van der Waals surface area (Å²) >= 11 is 3.24. The molecule has 0 unspecified atom stereocenters. The SMILES string of the molecule is Cc1ccn2ncc(C(=O)Nc3cc(Br)ccc3F)c2n1. The molecule has 0 bridgehead atoms. The molecule has 2 heterocycles. The van der Waals surface area contributed by atoms with Crippen molar-refractivity contribution in [3.63, 3.8) is 0 Å². The molecule has 1 N–H and O–H groups in total. The second kappa shape index (κ2) is 5.25. The fourth-order valence-corrected chi connectivity index (χ4v) is 2.26. The fourth-order valence-electron chi connectivity index (χ4n) is 1.90. The van der Waals surface area contributed by atoms with Gasteiger partial charge in [-0.05, 0) is 31.2 Å². The average molecular weight is 349 g/mol. The second-order valence-electron chi connectivity index (χ2n) is 4.47.